The third kappa shape index (κ3) is 6.12. The van der Waals surface area contributed by atoms with Gasteiger partial charge in [0, 0.05) is 32.0 Å². The van der Waals surface area contributed by atoms with Crippen molar-refractivity contribution in [3.05, 3.63) is 44.9 Å². The quantitative estimate of drug-likeness (QED) is 0.358. The highest BCUT2D eigenvalue weighted by molar-refractivity contribution is 5.92. The predicted octanol–water partition coefficient (Wildman–Crippen LogP) is 3.47. The number of aromatic nitrogens is 4. The normalized spacial score (nSPS) is 11.1. The smallest absolute Gasteiger partial charge is 0.330 e. The summed E-state index contributed by atoms with van der Waals surface area (Å²) < 4.78 is 14.0. The molecule has 0 aliphatic carbocycles. The summed E-state index contributed by atoms with van der Waals surface area (Å²) in [5, 5.41) is 2.87. The number of methoxy groups -OCH3 is 2. The fourth-order valence-corrected chi connectivity index (χ4v) is 4.03. The summed E-state index contributed by atoms with van der Waals surface area (Å²) in [6.45, 7) is 5.23. The van der Waals surface area contributed by atoms with Crippen LogP contribution < -0.4 is 26.0 Å². The van der Waals surface area contributed by atoms with Crippen molar-refractivity contribution >= 4 is 22.8 Å². The molecule has 35 heavy (non-hydrogen) atoms. The molecule has 10 nitrogen and oxygen atoms in total. The number of H-pyrrole nitrogens is 1. The highest BCUT2D eigenvalue weighted by Crippen LogP contribution is 2.29. The summed E-state index contributed by atoms with van der Waals surface area (Å²) in [5.41, 5.74) is 0.421. The number of carbonyl (C=O) groups excluding carboxylic acids is 1. The largest absolute Gasteiger partial charge is 0.497 e. The zero-order valence-electron chi connectivity index (χ0n) is 21.0. The van der Waals surface area contributed by atoms with Crippen molar-refractivity contribution in [1.82, 2.24) is 19.1 Å². The number of hydrogen-bond donors (Lipinski definition) is 2. The first-order chi connectivity index (χ1) is 16.9. The van der Waals surface area contributed by atoms with Crippen LogP contribution in [0.3, 0.4) is 0 Å². The Balaban J connectivity index is 1.89. The van der Waals surface area contributed by atoms with Crippen molar-refractivity contribution in [3.63, 3.8) is 0 Å². The number of nitrogens with one attached hydrogen (secondary N) is 2. The van der Waals surface area contributed by atoms with Crippen LogP contribution in [0.15, 0.2) is 27.8 Å². The van der Waals surface area contributed by atoms with Crippen molar-refractivity contribution in [2.45, 2.75) is 71.9 Å². The number of rotatable bonds is 13. The number of amides is 1. The van der Waals surface area contributed by atoms with Crippen LogP contribution in [0.1, 0.15) is 58.2 Å². The third-order valence-electron chi connectivity index (χ3n) is 5.94. The molecule has 2 heterocycles. The first kappa shape index (κ1) is 26.1. The van der Waals surface area contributed by atoms with Crippen molar-refractivity contribution in [2.24, 2.45) is 0 Å². The number of hydrogen-bond acceptors (Lipinski definition) is 6. The zero-order chi connectivity index (χ0) is 25.4. The summed E-state index contributed by atoms with van der Waals surface area (Å²) >= 11 is 0. The van der Waals surface area contributed by atoms with E-state index in [9.17, 15) is 14.4 Å². The lowest BCUT2D eigenvalue weighted by atomic mass is 10.2. The molecule has 0 bridgehead atoms. The standard InChI is InChI=1S/C25H35N5O5/c1-5-7-9-15-29-20(27-23-22(29)24(32)28-25(33)30(23)14-8-6-2)12-13-21(31)26-18-11-10-17(34-3)16-19(18)35-4/h10-11,16H,5-9,12-15H2,1-4H3,(H,26,31)(H,28,32,33). The second-order valence-electron chi connectivity index (χ2n) is 8.44. The van der Waals surface area contributed by atoms with Gasteiger partial charge in [-0.1, -0.05) is 33.1 Å². The molecule has 0 fully saturated rings. The van der Waals surface area contributed by atoms with E-state index in [0.717, 1.165) is 32.1 Å². The Morgan fingerprint density at radius 1 is 1.03 bits per heavy atom. The highest BCUT2D eigenvalue weighted by Gasteiger charge is 2.19. The van der Waals surface area contributed by atoms with Gasteiger partial charge in [-0.3, -0.25) is 19.1 Å². The first-order valence-corrected chi connectivity index (χ1v) is 12.2. The molecule has 2 N–H and O–H groups in total. The molecule has 0 unspecified atom stereocenters. The topological polar surface area (TPSA) is 120 Å². The molecule has 190 valence electrons. The van der Waals surface area contributed by atoms with Gasteiger partial charge in [0.2, 0.25) is 5.91 Å². The van der Waals surface area contributed by atoms with Gasteiger partial charge >= 0.3 is 5.69 Å². The Labute approximate surface area is 204 Å². The molecule has 0 radical (unpaired) electrons. The Bertz CT molecular complexity index is 1270. The maximum atomic E-state index is 12.8. The first-order valence-electron chi connectivity index (χ1n) is 12.2. The maximum Gasteiger partial charge on any atom is 0.330 e. The second-order valence-corrected chi connectivity index (χ2v) is 8.44. The molecule has 0 spiro atoms. The predicted molar refractivity (Wildman–Crippen MR) is 136 cm³/mol. The van der Waals surface area contributed by atoms with Crippen molar-refractivity contribution < 1.29 is 14.3 Å². The van der Waals surface area contributed by atoms with E-state index in [0.29, 0.717) is 53.7 Å². The lowest BCUT2D eigenvalue weighted by molar-refractivity contribution is -0.116. The molecular formula is C25H35N5O5. The number of fused-ring (bicyclic) bond motifs is 1. The highest BCUT2D eigenvalue weighted by atomic mass is 16.5. The minimum atomic E-state index is -0.454. The molecule has 3 aromatic rings. The van der Waals surface area contributed by atoms with Gasteiger partial charge in [0.25, 0.3) is 5.56 Å². The maximum absolute atomic E-state index is 12.8. The van der Waals surface area contributed by atoms with E-state index in [4.69, 9.17) is 9.47 Å². The lowest BCUT2D eigenvalue weighted by Gasteiger charge is -2.12. The number of imidazole rings is 1. The van der Waals surface area contributed by atoms with Crippen LogP contribution in [0.2, 0.25) is 0 Å². The van der Waals surface area contributed by atoms with E-state index in [2.05, 4.69) is 22.2 Å². The Kier molecular flexibility index (Phi) is 9.11. The van der Waals surface area contributed by atoms with E-state index in [-0.39, 0.29) is 12.3 Å². The van der Waals surface area contributed by atoms with Gasteiger partial charge in [0.1, 0.15) is 17.3 Å². The number of unbranched alkanes of at least 4 members (excludes halogenated alkanes) is 3. The molecule has 0 aliphatic heterocycles. The number of ether oxygens (including phenoxy) is 2. The number of anilines is 1. The van der Waals surface area contributed by atoms with Crippen molar-refractivity contribution in [3.8, 4) is 11.5 Å². The fourth-order valence-electron chi connectivity index (χ4n) is 4.03. The summed E-state index contributed by atoms with van der Waals surface area (Å²) in [5.74, 6) is 1.53. The SMILES string of the molecule is CCCCCn1c(CCC(=O)Nc2ccc(OC)cc2OC)nc2c1c(=O)[nH]c(=O)n2CCCC. The van der Waals surface area contributed by atoms with Gasteiger partial charge in [0.15, 0.2) is 11.2 Å². The van der Waals surface area contributed by atoms with Gasteiger partial charge in [0.05, 0.1) is 19.9 Å². The van der Waals surface area contributed by atoms with Crippen LogP contribution in [0.4, 0.5) is 5.69 Å². The molecule has 0 aliphatic rings. The Morgan fingerprint density at radius 3 is 2.46 bits per heavy atom. The molecule has 1 aromatic carbocycles. The number of aromatic amines is 1. The van der Waals surface area contributed by atoms with Gasteiger partial charge < -0.3 is 19.4 Å². The van der Waals surface area contributed by atoms with Crippen LogP contribution in [-0.2, 0) is 24.3 Å². The summed E-state index contributed by atoms with van der Waals surface area (Å²) in [6, 6.07) is 5.17. The number of aryl methyl sites for hydroxylation is 3. The lowest BCUT2D eigenvalue weighted by Crippen LogP contribution is -2.31. The van der Waals surface area contributed by atoms with Crippen LogP contribution in [0.5, 0.6) is 11.5 Å². The Morgan fingerprint density at radius 2 is 1.77 bits per heavy atom. The summed E-state index contributed by atoms with van der Waals surface area (Å²) in [4.78, 5) is 45.1. The van der Waals surface area contributed by atoms with E-state index >= 15 is 0 Å². The molecule has 0 saturated carbocycles. The summed E-state index contributed by atoms with van der Waals surface area (Å²) in [6.07, 6.45) is 5.10. The minimum absolute atomic E-state index is 0.156. The fraction of sp³-hybridized carbons (Fsp3) is 0.520. The van der Waals surface area contributed by atoms with E-state index in [1.807, 2.05) is 11.5 Å². The van der Waals surface area contributed by atoms with Crippen molar-refractivity contribution in [2.75, 3.05) is 19.5 Å². The van der Waals surface area contributed by atoms with E-state index in [1.54, 1.807) is 25.3 Å². The minimum Gasteiger partial charge on any atom is -0.497 e. The monoisotopic (exact) mass is 485 g/mol. The number of benzene rings is 1. The molecule has 10 heteroatoms. The van der Waals surface area contributed by atoms with Crippen molar-refractivity contribution in [1.29, 1.82) is 0 Å². The van der Waals surface area contributed by atoms with Crippen LogP contribution in [-0.4, -0.2) is 39.2 Å². The number of carbonyl (C=O) groups is 1. The zero-order valence-corrected chi connectivity index (χ0v) is 21.0. The average Bonchev–Trinajstić information content (AvgIpc) is 3.21. The molecule has 3 rings (SSSR count). The van der Waals surface area contributed by atoms with E-state index in [1.165, 1.54) is 11.7 Å². The second kappa shape index (κ2) is 12.2. The van der Waals surface area contributed by atoms with Gasteiger partial charge in [-0.25, -0.2) is 9.78 Å². The Hall–Kier alpha value is -3.56. The van der Waals surface area contributed by atoms with Crippen LogP contribution in [0, 0.1) is 0 Å². The van der Waals surface area contributed by atoms with Crippen LogP contribution >= 0.6 is 0 Å². The number of nitrogens with zero attached hydrogens (tertiary/aromatic N) is 3. The van der Waals surface area contributed by atoms with Gasteiger partial charge in [-0.15, -0.1) is 0 Å². The third-order valence-corrected chi connectivity index (χ3v) is 5.94. The molecule has 0 saturated heterocycles. The molecular weight excluding hydrogens is 450 g/mol. The molecule has 0 atom stereocenters. The van der Waals surface area contributed by atoms with Crippen LogP contribution in [0.25, 0.3) is 11.2 Å². The van der Waals surface area contributed by atoms with Gasteiger partial charge in [-0.2, -0.15) is 0 Å². The van der Waals surface area contributed by atoms with E-state index < -0.39 is 11.2 Å². The molecule has 2 aromatic heterocycles. The molecule has 1 amide bonds. The average molecular weight is 486 g/mol. The summed E-state index contributed by atoms with van der Waals surface area (Å²) in [7, 11) is 3.09. The van der Waals surface area contributed by atoms with Gasteiger partial charge in [-0.05, 0) is 25.0 Å².